The summed E-state index contributed by atoms with van der Waals surface area (Å²) in [6.45, 7) is 44.8. The van der Waals surface area contributed by atoms with Crippen LogP contribution < -0.4 is 0 Å². The summed E-state index contributed by atoms with van der Waals surface area (Å²) in [7, 11) is -5.69. The number of carbonyl (C=O) groups is 3. The van der Waals surface area contributed by atoms with Gasteiger partial charge in [-0.3, -0.25) is 18.9 Å². The van der Waals surface area contributed by atoms with Crippen LogP contribution in [0.15, 0.2) is 15.2 Å². The number of aromatic nitrogens is 8. The van der Waals surface area contributed by atoms with Gasteiger partial charge in [-0.25, -0.2) is 18.1 Å². The van der Waals surface area contributed by atoms with Crippen LogP contribution in [0.1, 0.15) is 171 Å². The number of amidine groups is 1. The van der Waals surface area contributed by atoms with Gasteiger partial charge in [-0.15, -0.1) is 20.4 Å². The van der Waals surface area contributed by atoms with Crippen LogP contribution in [0.5, 0.6) is 0 Å². The number of hydrogen-bond acceptors (Lipinski definition) is 16. The molecule has 1 unspecified atom stereocenters. The van der Waals surface area contributed by atoms with Gasteiger partial charge in [0.25, 0.3) is 6.92 Å². The van der Waals surface area contributed by atoms with Crippen LogP contribution >= 0.6 is 7.37 Å². The maximum absolute atomic E-state index is 10.9. The van der Waals surface area contributed by atoms with E-state index in [4.69, 9.17) is 9.92 Å². The molecule has 22 heteroatoms. The van der Waals surface area contributed by atoms with Gasteiger partial charge in [0.2, 0.25) is 7.37 Å². The van der Waals surface area contributed by atoms with Crippen molar-refractivity contribution in [2.45, 2.75) is 206 Å². The first kappa shape index (κ1) is 69.6. The molecule has 0 aliphatic carbocycles. The fourth-order valence-electron chi connectivity index (χ4n) is 2.41. The number of nitrogens with zero attached hydrogens (tertiary/aromatic N) is 11. The van der Waals surface area contributed by atoms with Gasteiger partial charge in [0, 0.05) is 40.2 Å². The second kappa shape index (κ2) is 29.3. The smallest absolute Gasteiger partial charge is 0.288 e. The molecule has 0 fully saturated rings. The largest absolute Gasteiger partial charge is 0.450 e. The summed E-state index contributed by atoms with van der Waals surface area (Å²) >= 11 is 0. The lowest BCUT2D eigenvalue weighted by Gasteiger charge is -2.21. The van der Waals surface area contributed by atoms with Gasteiger partial charge in [0.15, 0.2) is 39.7 Å². The topological polar surface area (TPSA) is 267 Å². The molecule has 64 heavy (non-hydrogen) atoms. The molecular weight excluding hydrogens is 860 g/mol. The van der Waals surface area contributed by atoms with Crippen molar-refractivity contribution in [3.05, 3.63) is 11.6 Å². The number of sulfone groups is 1. The molecule has 374 valence electrons. The van der Waals surface area contributed by atoms with E-state index in [9.17, 15) is 27.4 Å². The van der Waals surface area contributed by atoms with Gasteiger partial charge in [-0.1, -0.05) is 125 Å². The lowest BCUT2D eigenvalue weighted by molar-refractivity contribution is -0.124. The average molecular weight is 950 g/mol. The molecule has 2 aromatic heterocycles. The number of ketones is 3. The van der Waals surface area contributed by atoms with E-state index in [1.54, 1.807) is 60.0 Å². The Morgan fingerprint density at radius 3 is 1.39 bits per heavy atom. The lowest BCUT2D eigenvalue weighted by atomic mass is 9.61. The molecule has 1 atom stereocenters. The first-order valence-electron chi connectivity index (χ1n) is 20.8. The zero-order chi connectivity index (χ0) is 51.3. The Balaban J connectivity index is -0.000000215. The number of rotatable bonds is 6. The Morgan fingerprint density at radius 1 is 0.797 bits per heavy atom. The molecule has 0 amide bonds. The summed E-state index contributed by atoms with van der Waals surface area (Å²) in [5.41, 5.74) is -0.381. The quantitative estimate of drug-likeness (QED) is 0.204. The Morgan fingerprint density at radius 2 is 1.19 bits per heavy atom. The van der Waals surface area contributed by atoms with E-state index in [2.05, 4.69) is 60.0 Å². The van der Waals surface area contributed by atoms with Crippen molar-refractivity contribution in [1.29, 1.82) is 0 Å². The summed E-state index contributed by atoms with van der Waals surface area (Å²) in [6.07, 6.45) is 1.24. The SMILES string of the molecule is C.CB(O)C(C)C.CC(=O)C(C)(C)C.CC(=O)Cn1nnc(C(C)(C)C)n1.CC(=O)Cn1nnnc1C(C)(C)C.CC(C)(C)P(C)(=O)O.CC(C)(C)S(C)(=O)=O.CC(C)C1=NCN=N1. The summed E-state index contributed by atoms with van der Waals surface area (Å²) in [6, 6.07) is 0. The summed E-state index contributed by atoms with van der Waals surface area (Å²) in [5.74, 6) is 3.44. The van der Waals surface area contributed by atoms with E-state index in [-0.39, 0.29) is 61.0 Å². The minimum Gasteiger partial charge on any atom is -0.450 e. The van der Waals surface area contributed by atoms with Crippen molar-refractivity contribution in [3.8, 4) is 0 Å². The van der Waals surface area contributed by atoms with Crippen molar-refractivity contribution in [2.24, 2.45) is 26.6 Å². The Labute approximate surface area is 387 Å². The van der Waals surface area contributed by atoms with Crippen LogP contribution in [-0.2, 0) is 52.7 Å². The van der Waals surface area contributed by atoms with Crippen molar-refractivity contribution in [3.63, 3.8) is 0 Å². The van der Waals surface area contributed by atoms with Crippen LogP contribution in [0.2, 0.25) is 12.6 Å². The second-order valence-electron chi connectivity index (χ2n) is 21.0. The molecule has 0 aromatic carbocycles. The first-order valence-corrected chi connectivity index (χ1v) is 24.8. The molecule has 2 N–H and O–H groups in total. The maximum Gasteiger partial charge on any atom is 0.288 e. The third-order valence-corrected chi connectivity index (χ3v) is 13.1. The fourth-order valence-corrected chi connectivity index (χ4v) is 2.41. The minimum absolute atomic E-state index is 0. The van der Waals surface area contributed by atoms with Crippen LogP contribution in [0.4, 0.5) is 0 Å². The van der Waals surface area contributed by atoms with E-state index in [0.29, 0.717) is 24.2 Å². The van der Waals surface area contributed by atoms with E-state index in [1.807, 2.05) is 76.2 Å². The van der Waals surface area contributed by atoms with Crippen molar-refractivity contribution in [2.75, 3.05) is 19.6 Å². The summed E-state index contributed by atoms with van der Waals surface area (Å²) < 4.78 is 33.1. The highest BCUT2D eigenvalue weighted by Gasteiger charge is 2.28. The molecule has 0 bridgehead atoms. The van der Waals surface area contributed by atoms with Gasteiger partial charge < -0.3 is 9.92 Å². The first-order chi connectivity index (χ1) is 27.7. The van der Waals surface area contributed by atoms with Crippen molar-refractivity contribution in [1.82, 2.24) is 40.4 Å². The van der Waals surface area contributed by atoms with Gasteiger partial charge >= 0.3 is 0 Å². The van der Waals surface area contributed by atoms with Crippen molar-refractivity contribution >= 4 is 47.3 Å². The predicted molar refractivity (Wildman–Crippen MR) is 262 cm³/mol. The van der Waals surface area contributed by atoms with Crippen LogP contribution in [-0.4, -0.2) is 118 Å². The van der Waals surface area contributed by atoms with Gasteiger partial charge in [-0.05, 0) is 63.0 Å². The van der Waals surface area contributed by atoms with Crippen molar-refractivity contribution < 1.29 is 37.3 Å². The van der Waals surface area contributed by atoms with Crippen LogP contribution in [0.3, 0.4) is 0 Å². The third-order valence-electron chi connectivity index (χ3n) is 8.43. The van der Waals surface area contributed by atoms with E-state index >= 15 is 0 Å². The Hall–Kier alpha value is -3.42. The number of azo groups is 1. The molecular formula is C42H89BN11O8PS. The molecule has 19 nitrogen and oxygen atoms in total. The van der Waals surface area contributed by atoms with Gasteiger partial charge in [0.05, 0.1) is 4.75 Å². The highest BCUT2D eigenvalue weighted by Crippen LogP contribution is 2.49. The lowest BCUT2D eigenvalue weighted by Crippen LogP contribution is -2.26. The van der Waals surface area contributed by atoms with E-state index in [1.165, 1.54) is 31.6 Å². The number of hydrogen-bond donors (Lipinski definition) is 2. The highest BCUT2D eigenvalue weighted by molar-refractivity contribution is 7.92. The molecule has 0 spiro atoms. The predicted octanol–water partition coefficient (Wildman–Crippen LogP) is 8.37. The second-order valence-corrected chi connectivity index (χ2v) is 26.9. The molecule has 3 rings (SSSR count). The monoisotopic (exact) mass is 950 g/mol. The number of Topliss-reactive ketones (excluding diaryl/α,β-unsaturated/α-hetero) is 3. The van der Waals surface area contributed by atoms with Gasteiger partial charge in [-0.2, -0.15) is 9.91 Å². The van der Waals surface area contributed by atoms with Gasteiger partial charge in [0.1, 0.15) is 24.7 Å². The highest BCUT2D eigenvalue weighted by atomic mass is 32.2. The minimum atomic E-state index is -2.85. The van der Waals surface area contributed by atoms with Crippen LogP contribution in [0.25, 0.3) is 0 Å². The molecule has 1 aliphatic heterocycles. The third kappa shape index (κ3) is 34.9. The zero-order valence-electron chi connectivity index (χ0n) is 43.5. The number of tetrazole rings is 2. The maximum atomic E-state index is 10.9. The molecule has 0 saturated heterocycles. The normalized spacial score (nSPS) is 13.4. The molecule has 0 saturated carbocycles. The molecule has 3 heterocycles. The van der Waals surface area contributed by atoms with E-state index in [0.717, 1.165) is 11.7 Å². The number of aliphatic imine (C=N–C) groups is 1. The standard InChI is InChI=1S/2C8H14N4O.C6H12O.C5H9N3.C5H13O2P.C5H12O2S.C4H11BO.CH4/c1-6(13)5-12-7(8(2,3)4)9-10-11-12;1-6(13)5-12-10-7(9-11-12)8(2,3)4;1-5(7)6(2,3)4;1-4(2)5-6-3-7-8-5;2*1-5(2,3)8(4,6)7;1-4(2)5(3)6;/h2*5H2,1-4H3;1-4H3;4H,3H2,1-2H3;1-4H3,(H,6,7);1-4H3;4,6H,1-3H3;1H4. The molecule has 1 aliphatic rings. The summed E-state index contributed by atoms with van der Waals surface area (Å²) in [5, 5.41) is 38.6. The fraction of sp³-hybridized carbons (Fsp3) is 0.857. The molecule has 0 radical (unpaired) electrons. The average Bonchev–Trinajstić information content (AvgIpc) is 3.82. The zero-order valence-corrected chi connectivity index (χ0v) is 45.2. The summed E-state index contributed by atoms with van der Waals surface area (Å²) in [4.78, 5) is 46.3. The Kier molecular flexibility index (Phi) is 31.8. The van der Waals surface area contributed by atoms with Crippen LogP contribution in [0, 0.1) is 11.3 Å². The van der Waals surface area contributed by atoms with E-state index < -0.39 is 27.1 Å². The Bertz CT molecular complexity index is 1880. The molecule has 2 aromatic rings. The number of carbonyl (C=O) groups excluding carboxylic acids is 3.